The highest BCUT2D eigenvalue weighted by atomic mass is 19.4. The zero-order valence-electron chi connectivity index (χ0n) is 23.5. The highest BCUT2D eigenvalue weighted by molar-refractivity contribution is 5.88. The number of halogens is 3. The maximum atomic E-state index is 13.8. The summed E-state index contributed by atoms with van der Waals surface area (Å²) in [6.45, 7) is -2.82. The number of hydrogen-bond acceptors (Lipinski definition) is 7. The predicted molar refractivity (Wildman–Crippen MR) is 137 cm³/mol. The van der Waals surface area contributed by atoms with Gasteiger partial charge in [-0.25, -0.2) is 19.6 Å². The maximum Gasteiger partial charge on any atom is 0.418 e. The fraction of sp³-hybridized carbons (Fsp3) is 0.346. The molecule has 1 amide bonds. The molecule has 0 spiro atoms. The number of nitrogens with zero attached hydrogens (tertiary/aromatic N) is 5. The van der Waals surface area contributed by atoms with Crippen molar-refractivity contribution < 1.29 is 26.8 Å². The molecule has 0 bridgehead atoms. The Morgan fingerprint density at radius 1 is 1.28 bits per heavy atom. The van der Waals surface area contributed by atoms with Crippen molar-refractivity contribution in [3.05, 3.63) is 58.1 Å². The van der Waals surface area contributed by atoms with Gasteiger partial charge < -0.3 is 15.4 Å². The third-order valence-electron chi connectivity index (χ3n) is 6.79. The number of alkyl halides is 3. The van der Waals surface area contributed by atoms with Gasteiger partial charge in [-0.15, -0.1) is 0 Å². The van der Waals surface area contributed by atoms with Crippen LogP contribution in [0.1, 0.15) is 40.5 Å². The zero-order chi connectivity index (χ0) is 30.4. The van der Waals surface area contributed by atoms with Crippen molar-refractivity contribution in [2.24, 2.45) is 6.98 Å². The first kappa shape index (κ1) is 22.4. The number of carbonyl (C=O) groups is 1. The van der Waals surface area contributed by atoms with E-state index in [0.29, 0.717) is 29.4 Å². The number of fused-ring (bicyclic) bond motifs is 2. The smallest absolute Gasteiger partial charge is 0.418 e. The van der Waals surface area contributed by atoms with Crippen molar-refractivity contribution in [1.29, 1.82) is 5.26 Å². The topological polar surface area (TPSA) is 127 Å². The number of para-hydroxylation sites is 1. The van der Waals surface area contributed by atoms with E-state index in [2.05, 4.69) is 25.3 Å². The first-order valence-electron chi connectivity index (χ1n) is 13.4. The number of benzene rings is 1. The molecular weight excluding hydrogens is 515 g/mol. The van der Waals surface area contributed by atoms with Gasteiger partial charge in [-0.2, -0.15) is 18.4 Å². The van der Waals surface area contributed by atoms with Gasteiger partial charge in [0, 0.05) is 34.6 Å². The molecule has 4 aromatic rings. The summed E-state index contributed by atoms with van der Waals surface area (Å²) < 4.78 is 71.7. The van der Waals surface area contributed by atoms with E-state index in [0.717, 1.165) is 6.07 Å². The summed E-state index contributed by atoms with van der Waals surface area (Å²) >= 11 is 0. The third kappa shape index (κ3) is 4.85. The molecule has 39 heavy (non-hydrogen) atoms. The van der Waals surface area contributed by atoms with Gasteiger partial charge in [-0.1, -0.05) is 12.1 Å². The summed E-state index contributed by atoms with van der Waals surface area (Å²) in [6.07, 6.45) is -2.98. The summed E-state index contributed by atoms with van der Waals surface area (Å²) in [5.41, 5.74) is -1.52. The third-order valence-corrected chi connectivity index (χ3v) is 6.79. The van der Waals surface area contributed by atoms with Crippen LogP contribution in [0.2, 0.25) is 0 Å². The number of methoxy groups -OCH3 is 1. The van der Waals surface area contributed by atoms with Crippen LogP contribution in [0.4, 0.5) is 29.6 Å². The van der Waals surface area contributed by atoms with Gasteiger partial charge >= 0.3 is 18.0 Å². The second-order valence-electron chi connectivity index (χ2n) is 9.17. The lowest BCUT2D eigenvalue weighted by atomic mass is 10.0. The minimum atomic E-state index is -4.69. The normalized spacial score (nSPS) is 18.8. The number of hydrogen-bond donors (Lipinski definition) is 2. The van der Waals surface area contributed by atoms with Crippen LogP contribution in [-0.2, 0) is 24.3 Å². The Labute approximate surface area is 224 Å². The van der Waals surface area contributed by atoms with E-state index < -0.39 is 36.5 Å². The summed E-state index contributed by atoms with van der Waals surface area (Å²) in [7, 11) is 1.23. The van der Waals surface area contributed by atoms with Crippen LogP contribution in [-0.4, -0.2) is 38.3 Å². The van der Waals surface area contributed by atoms with Crippen LogP contribution in [0.3, 0.4) is 0 Å². The number of ether oxygens (including phenoxy) is 1. The van der Waals surface area contributed by atoms with Gasteiger partial charge in [0.15, 0.2) is 0 Å². The van der Waals surface area contributed by atoms with E-state index in [-0.39, 0.29) is 46.0 Å². The minimum absolute atomic E-state index is 0.0244. The fourth-order valence-electron chi connectivity index (χ4n) is 5.06. The van der Waals surface area contributed by atoms with E-state index in [1.54, 1.807) is 0 Å². The monoisotopic (exact) mass is 542 g/mol. The SMILES string of the molecule is [2H]C([2H])([2H])n1c(=O)n([C@@H]2CC[C@@H](NC(=O)OC)C2)c2cc(Nc3cc(CC#N)c4cccc(C(F)(F)F)c4n3)ncc21. The van der Waals surface area contributed by atoms with Crippen molar-refractivity contribution in [1.82, 2.24) is 24.4 Å². The van der Waals surface area contributed by atoms with Gasteiger partial charge in [0.05, 0.1) is 47.9 Å². The summed E-state index contributed by atoms with van der Waals surface area (Å²) in [4.78, 5) is 33.5. The van der Waals surface area contributed by atoms with Crippen LogP contribution in [0.25, 0.3) is 21.9 Å². The lowest BCUT2D eigenvalue weighted by Gasteiger charge is -2.15. The van der Waals surface area contributed by atoms with Crippen LogP contribution in [0.15, 0.2) is 41.3 Å². The summed E-state index contributed by atoms with van der Waals surface area (Å²) in [5, 5.41) is 15.0. The summed E-state index contributed by atoms with van der Waals surface area (Å²) in [5.74, 6) is 0.0593. The van der Waals surface area contributed by atoms with Gasteiger partial charge in [-0.05, 0) is 37.0 Å². The molecule has 1 aromatic carbocycles. The van der Waals surface area contributed by atoms with E-state index in [9.17, 15) is 28.0 Å². The lowest BCUT2D eigenvalue weighted by molar-refractivity contribution is -0.136. The van der Waals surface area contributed by atoms with E-state index in [4.69, 9.17) is 4.11 Å². The number of rotatable bonds is 5. The second-order valence-corrected chi connectivity index (χ2v) is 9.17. The average molecular weight is 543 g/mol. The Morgan fingerprint density at radius 3 is 2.82 bits per heavy atom. The van der Waals surface area contributed by atoms with Crippen LogP contribution < -0.4 is 16.3 Å². The molecule has 1 saturated carbocycles. The molecule has 2 atom stereocenters. The molecule has 1 fully saturated rings. The molecule has 0 saturated heterocycles. The zero-order valence-corrected chi connectivity index (χ0v) is 20.5. The molecular formula is C26H24F3N7O3. The molecule has 10 nitrogen and oxygen atoms in total. The van der Waals surface area contributed by atoms with Crippen LogP contribution in [0.5, 0.6) is 0 Å². The molecule has 3 aromatic heterocycles. The number of alkyl carbamates (subject to hydrolysis) is 1. The van der Waals surface area contributed by atoms with Crippen molar-refractivity contribution in [2.75, 3.05) is 12.4 Å². The van der Waals surface area contributed by atoms with Crippen LogP contribution in [0, 0.1) is 11.3 Å². The average Bonchev–Trinajstić information content (AvgIpc) is 3.48. The molecule has 0 radical (unpaired) electrons. The Balaban J connectivity index is 1.60. The quantitative estimate of drug-likeness (QED) is 0.379. The number of anilines is 2. The summed E-state index contributed by atoms with van der Waals surface area (Å²) in [6, 6.07) is 7.66. The molecule has 202 valence electrons. The molecule has 5 rings (SSSR count). The number of carbonyl (C=O) groups excluding carboxylic acids is 1. The van der Waals surface area contributed by atoms with Gasteiger partial charge in [-0.3, -0.25) is 9.13 Å². The number of aryl methyl sites for hydroxylation is 1. The molecule has 1 aliphatic carbocycles. The molecule has 2 N–H and O–H groups in total. The van der Waals surface area contributed by atoms with Crippen molar-refractivity contribution in [3.8, 4) is 6.07 Å². The first-order chi connectivity index (χ1) is 19.8. The van der Waals surface area contributed by atoms with Crippen molar-refractivity contribution in [3.63, 3.8) is 0 Å². The van der Waals surface area contributed by atoms with E-state index >= 15 is 0 Å². The largest absolute Gasteiger partial charge is 0.453 e. The number of imidazole rings is 1. The predicted octanol–water partition coefficient (Wildman–Crippen LogP) is 4.56. The van der Waals surface area contributed by atoms with Crippen molar-refractivity contribution in [2.45, 2.75) is 43.9 Å². The van der Waals surface area contributed by atoms with Gasteiger partial charge in [0.25, 0.3) is 0 Å². The van der Waals surface area contributed by atoms with Gasteiger partial charge in [0.2, 0.25) is 0 Å². The number of nitriles is 1. The second kappa shape index (κ2) is 9.94. The molecule has 0 aliphatic heterocycles. The Hall–Kier alpha value is -4.60. The maximum absolute atomic E-state index is 13.8. The van der Waals surface area contributed by atoms with Gasteiger partial charge in [0.1, 0.15) is 11.6 Å². The molecule has 1 aliphatic rings. The number of aromatic nitrogens is 4. The van der Waals surface area contributed by atoms with E-state index in [1.807, 2.05) is 6.07 Å². The fourth-order valence-corrected chi connectivity index (χ4v) is 5.06. The standard InChI is InChI=1S/C26H24F3N7O3/c1-35-20-13-31-21(12-19(20)36(25(35)38)16-7-6-15(11-16)32-24(37)39-2)33-22-10-14(8-9-30)17-4-3-5-18(23(17)34-22)26(27,28)29/h3-5,10,12-13,15-16H,6-8,11H2,1-2H3,(H,32,37)(H,31,33,34)/t15-,16-/m1/s1/i1D3. The van der Waals surface area contributed by atoms with Crippen LogP contribution >= 0.6 is 0 Å². The highest BCUT2D eigenvalue weighted by Gasteiger charge is 2.34. The first-order valence-corrected chi connectivity index (χ1v) is 11.9. The molecule has 3 heterocycles. The minimum Gasteiger partial charge on any atom is -0.453 e. The Kier molecular flexibility index (Phi) is 5.70. The molecule has 13 heteroatoms. The van der Waals surface area contributed by atoms with Crippen molar-refractivity contribution >= 4 is 39.7 Å². The number of nitrogens with one attached hydrogen (secondary N) is 2. The Bertz CT molecular complexity index is 1790. The van der Waals surface area contributed by atoms with E-state index in [1.165, 1.54) is 42.1 Å². The number of pyridine rings is 2. The lowest BCUT2D eigenvalue weighted by Crippen LogP contribution is -2.33. The number of amides is 1. The molecule has 0 unspecified atom stereocenters. The Morgan fingerprint density at radius 2 is 2.10 bits per heavy atom. The highest BCUT2D eigenvalue weighted by Crippen LogP contribution is 2.36.